The minimum Gasteiger partial charge on any atom is -0.508 e. The molecule has 4 aliphatic rings. The number of nitrogens with one attached hydrogen (secondary N) is 1. The lowest BCUT2D eigenvalue weighted by molar-refractivity contribution is -0.299. The number of alkyl halides is 1. The van der Waals surface area contributed by atoms with Crippen LogP contribution in [-0.4, -0.2) is 105 Å². The molecule has 4 N–H and O–H groups in total. The number of Topliss-reactive ketones (excluding diaryl/α,β-unsaturated/α-hetero) is 1. The molecule has 0 aromatic heterocycles. The van der Waals surface area contributed by atoms with Gasteiger partial charge in [-0.2, -0.15) is 0 Å². The quantitative estimate of drug-likeness (QED) is 0.117. The average molecular weight is 810 g/mol. The zero-order valence-electron chi connectivity index (χ0n) is 31.9. The molecule has 0 spiro atoms. The summed E-state index contributed by atoms with van der Waals surface area (Å²) in [6, 6.07) is 14.9. The number of hydrogen-bond acceptors (Lipinski definition) is 14. The number of carbonyl (C=O) groups excluding carboxylic acids is 6. The van der Waals surface area contributed by atoms with Crippen LogP contribution in [0.5, 0.6) is 0 Å². The number of rotatable bonds is 10. The van der Waals surface area contributed by atoms with E-state index in [1.807, 2.05) is 0 Å². The Morgan fingerprint density at radius 1 is 0.982 bits per heavy atom. The number of fused-ring (bicyclic) bond motifs is 5. The molecular weight excluding hydrogens is 766 g/mol. The van der Waals surface area contributed by atoms with E-state index in [-0.39, 0.29) is 29.7 Å². The fourth-order valence-corrected chi connectivity index (χ4v) is 8.82. The summed E-state index contributed by atoms with van der Waals surface area (Å²) >= 11 is 5.82. The number of amides is 1. The van der Waals surface area contributed by atoms with E-state index in [1.54, 1.807) is 60.7 Å². The third kappa shape index (κ3) is 7.22. The van der Waals surface area contributed by atoms with Crippen LogP contribution in [0.25, 0.3) is 0 Å². The lowest BCUT2D eigenvalue weighted by Gasteiger charge is -2.62. The van der Waals surface area contributed by atoms with Crippen LogP contribution in [0.3, 0.4) is 0 Å². The molecule has 2 fully saturated rings. The van der Waals surface area contributed by atoms with Crippen LogP contribution >= 0.6 is 11.6 Å². The summed E-state index contributed by atoms with van der Waals surface area (Å²) in [4.78, 5) is 79.8. The highest BCUT2D eigenvalue weighted by Gasteiger charge is 2.71. The lowest BCUT2D eigenvalue weighted by atomic mass is 9.51. The van der Waals surface area contributed by atoms with Crippen molar-refractivity contribution in [3.05, 3.63) is 94.3 Å². The zero-order valence-corrected chi connectivity index (χ0v) is 32.6. The Balaban J connectivity index is 1.49. The summed E-state index contributed by atoms with van der Waals surface area (Å²) in [5.41, 5.74) is -5.38. The molecule has 9 atom stereocenters. The minimum atomic E-state index is -2.38. The van der Waals surface area contributed by atoms with Gasteiger partial charge in [0.2, 0.25) is 6.10 Å². The van der Waals surface area contributed by atoms with Crippen LogP contribution < -0.4 is 5.32 Å². The van der Waals surface area contributed by atoms with Gasteiger partial charge in [-0.15, -0.1) is 11.6 Å². The topological polar surface area (TPSA) is 221 Å². The fraction of sp³-hybridized carbons (Fsp3) is 0.463. The summed E-state index contributed by atoms with van der Waals surface area (Å²) in [7, 11) is 0. The maximum atomic E-state index is 14.5. The van der Waals surface area contributed by atoms with Crippen molar-refractivity contribution in [2.75, 3.05) is 12.5 Å². The van der Waals surface area contributed by atoms with Crippen LogP contribution in [0.1, 0.15) is 69.4 Å². The van der Waals surface area contributed by atoms with Crippen molar-refractivity contribution in [3.63, 3.8) is 0 Å². The smallest absolute Gasteiger partial charge is 0.350 e. The normalized spacial score (nSPS) is 29.8. The maximum Gasteiger partial charge on any atom is 0.350 e. The molecule has 16 heteroatoms. The fourth-order valence-electron chi connectivity index (χ4n) is 8.76. The second kappa shape index (κ2) is 15.7. The van der Waals surface area contributed by atoms with E-state index in [2.05, 4.69) is 5.32 Å². The molecule has 6 rings (SSSR count). The molecule has 1 saturated carbocycles. The second-order valence-electron chi connectivity index (χ2n) is 15.2. The standard InChI is InChI=1S/C41H44ClNO14/c1-20-26(55-38(51)35(56-28(47)18-42)32(23-12-8-6-9-13-23)43-37(50)24-14-10-7-11-15-24)17-41(52)36(49)31-29(25(46)16-27-40(31,19-53-27)57-22(3)45)33(48)34(54-21(2)44)30(20)39(41,4)5/h6-15,26-27,31-32,34-36,48-49,52H,16-19H2,1-5H3,(H,43,50)/t26-,27?,31?,32-,34+,35+,36-,40-,41+/m0/s1. The molecule has 304 valence electrons. The van der Waals surface area contributed by atoms with Crippen molar-refractivity contribution in [1.29, 1.82) is 0 Å². The van der Waals surface area contributed by atoms with Gasteiger partial charge in [0.05, 0.1) is 18.6 Å². The number of esters is 4. The van der Waals surface area contributed by atoms with Crippen LogP contribution in [0, 0.1) is 11.3 Å². The summed E-state index contributed by atoms with van der Waals surface area (Å²) < 4.78 is 28.7. The first-order valence-corrected chi connectivity index (χ1v) is 18.8. The molecule has 3 aliphatic carbocycles. The Bertz CT molecular complexity index is 2030. The first-order valence-electron chi connectivity index (χ1n) is 18.3. The van der Waals surface area contributed by atoms with Crippen molar-refractivity contribution in [1.82, 2.24) is 5.32 Å². The summed E-state index contributed by atoms with van der Waals surface area (Å²) in [6.07, 6.45) is -9.07. The van der Waals surface area contributed by atoms with Gasteiger partial charge >= 0.3 is 23.9 Å². The number of ketones is 1. The van der Waals surface area contributed by atoms with Crippen LogP contribution in [0.15, 0.2) is 83.1 Å². The molecule has 1 heterocycles. The number of aliphatic hydroxyl groups is 3. The zero-order chi connectivity index (χ0) is 41.6. The van der Waals surface area contributed by atoms with Gasteiger partial charge in [-0.05, 0) is 35.8 Å². The monoisotopic (exact) mass is 809 g/mol. The molecular formula is C41H44ClNO14. The number of hydrogen-bond donors (Lipinski definition) is 4. The van der Waals surface area contributed by atoms with Crippen molar-refractivity contribution in [3.8, 4) is 0 Å². The van der Waals surface area contributed by atoms with E-state index in [0.29, 0.717) is 5.56 Å². The van der Waals surface area contributed by atoms with Gasteiger partial charge in [0.1, 0.15) is 35.5 Å². The molecule has 2 aromatic carbocycles. The van der Waals surface area contributed by atoms with Crippen molar-refractivity contribution in [2.45, 2.75) is 95.2 Å². The van der Waals surface area contributed by atoms with Crippen molar-refractivity contribution >= 4 is 47.2 Å². The van der Waals surface area contributed by atoms with Gasteiger partial charge in [0.15, 0.2) is 17.5 Å². The van der Waals surface area contributed by atoms with E-state index in [9.17, 15) is 44.1 Å². The highest BCUT2D eigenvalue weighted by atomic mass is 35.5. The molecule has 2 aromatic rings. The van der Waals surface area contributed by atoms with Crippen molar-refractivity contribution < 1.29 is 67.8 Å². The minimum absolute atomic E-state index is 0.000591. The first-order chi connectivity index (χ1) is 26.9. The van der Waals surface area contributed by atoms with Crippen LogP contribution in [0.4, 0.5) is 0 Å². The lowest BCUT2D eigenvalue weighted by Crippen LogP contribution is -2.75. The Morgan fingerprint density at radius 3 is 2.18 bits per heavy atom. The van der Waals surface area contributed by atoms with E-state index in [4.69, 9.17) is 35.3 Å². The molecule has 2 unspecified atom stereocenters. The molecule has 1 amide bonds. The van der Waals surface area contributed by atoms with Gasteiger partial charge in [-0.3, -0.25) is 24.0 Å². The van der Waals surface area contributed by atoms with Crippen molar-refractivity contribution in [2.24, 2.45) is 11.3 Å². The number of carbonyl (C=O) groups is 6. The maximum absolute atomic E-state index is 14.5. The summed E-state index contributed by atoms with van der Waals surface area (Å²) in [6.45, 7) is 6.43. The van der Waals surface area contributed by atoms with Gasteiger partial charge in [-0.25, -0.2) is 4.79 Å². The highest BCUT2D eigenvalue weighted by Crippen LogP contribution is 2.60. The third-order valence-electron chi connectivity index (χ3n) is 11.6. The number of halogens is 1. The number of aliphatic hydroxyl groups excluding tert-OH is 2. The summed E-state index contributed by atoms with van der Waals surface area (Å²) in [5, 5.41) is 40.2. The van der Waals surface area contributed by atoms with Gasteiger partial charge in [-0.1, -0.05) is 62.4 Å². The van der Waals surface area contributed by atoms with E-state index in [0.717, 1.165) is 13.8 Å². The SMILES string of the molecule is CC(=O)O[C@H]1C(O)=C2C(=O)CC3OC[C@@]3(OC(C)=O)C2[C@H](O)[C@]2(O)C[C@H](OC(=O)[C@H](OC(=O)CCl)[C@@H](NC(=O)c3ccccc3)c3ccccc3)C(C)=C1C2(C)C. The Hall–Kier alpha value is -5.09. The molecule has 1 saturated heterocycles. The molecule has 15 nitrogen and oxygen atoms in total. The average Bonchev–Trinajstić information content (AvgIpc) is 3.16. The molecule has 57 heavy (non-hydrogen) atoms. The largest absolute Gasteiger partial charge is 0.508 e. The Kier molecular flexibility index (Phi) is 11.4. The molecule has 0 radical (unpaired) electrons. The molecule has 1 aliphatic heterocycles. The second-order valence-corrected chi connectivity index (χ2v) is 15.5. The van der Waals surface area contributed by atoms with Gasteiger partial charge < -0.3 is 44.3 Å². The third-order valence-corrected chi connectivity index (χ3v) is 11.8. The number of benzene rings is 2. The van der Waals surface area contributed by atoms with E-state index < -0.39 is 118 Å². The summed E-state index contributed by atoms with van der Waals surface area (Å²) in [5.74, 6) is -8.26. The highest BCUT2D eigenvalue weighted by molar-refractivity contribution is 6.26. The van der Waals surface area contributed by atoms with Gasteiger partial charge in [0.25, 0.3) is 5.91 Å². The van der Waals surface area contributed by atoms with E-state index in [1.165, 1.54) is 20.8 Å². The van der Waals surface area contributed by atoms with E-state index >= 15 is 0 Å². The first kappa shape index (κ1) is 41.5. The predicted octanol–water partition coefficient (Wildman–Crippen LogP) is 3.11. The number of ether oxygens (including phenoxy) is 5. The van der Waals surface area contributed by atoms with Crippen LogP contribution in [-0.2, 0) is 47.7 Å². The predicted molar refractivity (Wildman–Crippen MR) is 198 cm³/mol. The Labute approximate surface area is 332 Å². The molecule has 2 bridgehead atoms. The van der Waals surface area contributed by atoms with Gasteiger partial charge in [0, 0.05) is 43.2 Å². The Morgan fingerprint density at radius 2 is 1.61 bits per heavy atom. The van der Waals surface area contributed by atoms with Crippen LogP contribution in [0.2, 0.25) is 0 Å².